The average Bonchev–Trinajstić information content (AvgIpc) is 2.98. The Labute approximate surface area is 120 Å². The molecule has 1 aromatic heterocycles. The largest absolute Gasteiger partial charge is 0.272 e. The second-order valence-electron chi connectivity index (χ2n) is 5.59. The molecule has 2 aliphatic rings. The summed E-state index contributed by atoms with van der Waals surface area (Å²) in [5.74, 6) is -1.06. The lowest BCUT2D eigenvalue weighted by Gasteiger charge is -2.27. The van der Waals surface area contributed by atoms with E-state index in [-0.39, 0.29) is 13.0 Å². The average molecular weight is 299 g/mol. The van der Waals surface area contributed by atoms with Crippen molar-refractivity contribution >= 4 is 5.91 Å². The molecule has 4 nitrogen and oxygen atoms in total. The fourth-order valence-electron chi connectivity index (χ4n) is 3.24. The van der Waals surface area contributed by atoms with Crippen LogP contribution in [0.3, 0.4) is 0 Å². The van der Waals surface area contributed by atoms with Gasteiger partial charge in [0.05, 0.1) is 12.2 Å². The van der Waals surface area contributed by atoms with Gasteiger partial charge in [0, 0.05) is 19.3 Å². The lowest BCUT2D eigenvalue weighted by molar-refractivity contribution is -0.148. The number of hydrazine groups is 1. The molecule has 3 rings (SSSR count). The van der Waals surface area contributed by atoms with Gasteiger partial charge in [0.1, 0.15) is 11.2 Å². The third-order valence-electron chi connectivity index (χ3n) is 4.52. The Morgan fingerprint density at radius 1 is 1.48 bits per heavy atom. The number of hydrogen-bond acceptors (Lipinski definition) is 3. The summed E-state index contributed by atoms with van der Waals surface area (Å²) in [7, 11) is 0. The number of carbonyl (C=O) groups excluding carboxylic acids is 1. The van der Waals surface area contributed by atoms with E-state index in [0.717, 1.165) is 6.20 Å². The second-order valence-corrected chi connectivity index (χ2v) is 5.59. The van der Waals surface area contributed by atoms with Crippen LogP contribution in [0.2, 0.25) is 0 Å². The maximum atomic E-state index is 13.4. The normalized spacial score (nSPS) is 29.5. The first-order valence-electron chi connectivity index (χ1n) is 6.96. The van der Waals surface area contributed by atoms with Crippen LogP contribution in [-0.2, 0) is 4.79 Å². The number of alkyl halides is 2. The minimum atomic E-state index is -2.70. The third kappa shape index (κ3) is 2.02. The first-order valence-corrected chi connectivity index (χ1v) is 6.96. The number of rotatable bonds is 3. The van der Waals surface area contributed by atoms with Crippen molar-refractivity contribution < 1.29 is 18.0 Å². The van der Waals surface area contributed by atoms with Gasteiger partial charge >= 0.3 is 0 Å². The Morgan fingerprint density at radius 3 is 2.86 bits per heavy atom. The van der Waals surface area contributed by atoms with Crippen LogP contribution >= 0.6 is 0 Å². The van der Waals surface area contributed by atoms with Gasteiger partial charge in [-0.1, -0.05) is 6.92 Å². The summed E-state index contributed by atoms with van der Waals surface area (Å²) >= 11 is 0. The molecule has 0 N–H and O–H groups in total. The molecule has 0 bridgehead atoms. The van der Waals surface area contributed by atoms with Crippen LogP contribution in [0.25, 0.3) is 0 Å². The Hall–Kier alpha value is -1.63. The number of hydrogen-bond donors (Lipinski definition) is 0. The molecule has 0 radical (unpaired) electrons. The molecule has 3 heterocycles. The van der Waals surface area contributed by atoms with Crippen molar-refractivity contribution in [3.05, 3.63) is 29.8 Å². The molecule has 0 aromatic carbocycles. The zero-order valence-corrected chi connectivity index (χ0v) is 11.6. The van der Waals surface area contributed by atoms with Gasteiger partial charge in [0.15, 0.2) is 0 Å². The van der Waals surface area contributed by atoms with Crippen LogP contribution < -0.4 is 0 Å². The molecule has 2 aliphatic heterocycles. The van der Waals surface area contributed by atoms with E-state index < -0.39 is 29.6 Å². The summed E-state index contributed by atoms with van der Waals surface area (Å²) in [6, 6.07) is 0.899. The van der Waals surface area contributed by atoms with Crippen LogP contribution in [0.1, 0.15) is 31.4 Å². The van der Waals surface area contributed by atoms with Gasteiger partial charge in [0.2, 0.25) is 0 Å². The minimum Gasteiger partial charge on any atom is -0.272 e. The summed E-state index contributed by atoms with van der Waals surface area (Å²) in [5.41, 5.74) is -1.09. The molecule has 2 atom stereocenters. The van der Waals surface area contributed by atoms with E-state index in [1.54, 1.807) is 11.9 Å². The highest BCUT2D eigenvalue weighted by atomic mass is 19.3. The fourth-order valence-corrected chi connectivity index (χ4v) is 3.24. The summed E-state index contributed by atoms with van der Waals surface area (Å²) in [5, 5.41) is 3.04. The topological polar surface area (TPSA) is 36.4 Å². The second kappa shape index (κ2) is 4.98. The molecule has 114 valence electrons. The molecule has 2 saturated heterocycles. The van der Waals surface area contributed by atoms with Crippen LogP contribution in [-0.4, -0.2) is 40.4 Å². The quantitative estimate of drug-likeness (QED) is 0.860. The van der Waals surface area contributed by atoms with Crippen molar-refractivity contribution in [3.8, 4) is 0 Å². The minimum absolute atomic E-state index is 0.0270. The predicted octanol–water partition coefficient (Wildman–Crippen LogP) is 2.39. The first kappa shape index (κ1) is 14.3. The van der Waals surface area contributed by atoms with Gasteiger partial charge in [-0.05, 0) is 24.5 Å². The number of carbonyl (C=O) groups is 1. The Bertz CT molecular complexity index is 568. The summed E-state index contributed by atoms with van der Waals surface area (Å²) in [6.07, 6.45) is 0.549. The molecular formula is C14H16F3N3O. The number of aromatic nitrogens is 1. The fraction of sp³-hybridized carbons (Fsp3) is 0.571. The van der Waals surface area contributed by atoms with E-state index in [1.165, 1.54) is 17.3 Å². The molecule has 0 unspecified atom stereocenters. The molecule has 7 heteroatoms. The van der Waals surface area contributed by atoms with E-state index in [2.05, 4.69) is 4.98 Å². The SMILES string of the molecule is CC[C@]1(C(F)F)CN2CC[C@H](c3cncc(F)c3)N2C1=O. The molecule has 1 amide bonds. The number of fused-ring (bicyclic) bond motifs is 1. The highest BCUT2D eigenvalue weighted by Crippen LogP contribution is 2.46. The van der Waals surface area contributed by atoms with Crippen LogP contribution in [0, 0.1) is 11.2 Å². The van der Waals surface area contributed by atoms with Gasteiger partial charge in [-0.25, -0.2) is 18.2 Å². The molecule has 0 spiro atoms. The van der Waals surface area contributed by atoms with E-state index in [9.17, 15) is 18.0 Å². The summed E-state index contributed by atoms with van der Waals surface area (Å²) < 4.78 is 40.1. The smallest absolute Gasteiger partial charge is 0.254 e. The highest BCUT2D eigenvalue weighted by Gasteiger charge is 2.59. The van der Waals surface area contributed by atoms with Crippen molar-refractivity contribution in [2.24, 2.45) is 5.41 Å². The van der Waals surface area contributed by atoms with E-state index in [1.807, 2.05) is 0 Å². The number of halogens is 3. The highest BCUT2D eigenvalue weighted by molar-refractivity contribution is 5.85. The van der Waals surface area contributed by atoms with Gasteiger partial charge in [-0.3, -0.25) is 14.8 Å². The Kier molecular flexibility index (Phi) is 3.39. The van der Waals surface area contributed by atoms with E-state index in [0.29, 0.717) is 18.5 Å². The molecule has 0 saturated carbocycles. The summed E-state index contributed by atoms with van der Waals surface area (Å²) in [4.78, 5) is 16.3. The first-order chi connectivity index (χ1) is 9.99. The van der Waals surface area contributed by atoms with Gasteiger partial charge < -0.3 is 0 Å². The van der Waals surface area contributed by atoms with Crippen molar-refractivity contribution in [3.63, 3.8) is 0 Å². The van der Waals surface area contributed by atoms with E-state index in [4.69, 9.17) is 0 Å². The molecule has 21 heavy (non-hydrogen) atoms. The number of nitrogens with zero attached hydrogens (tertiary/aromatic N) is 3. The maximum Gasteiger partial charge on any atom is 0.254 e. The van der Waals surface area contributed by atoms with Crippen LogP contribution in [0.15, 0.2) is 18.5 Å². The van der Waals surface area contributed by atoms with Gasteiger partial charge in [0.25, 0.3) is 12.3 Å². The predicted molar refractivity (Wildman–Crippen MR) is 68.7 cm³/mol. The van der Waals surface area contributed by atoms with E-state index >= 15 is 0 Å². The zero-order chi connectivity index (χ0) is 15.2. The Balaban J connectivity index is 1.94. The molecular weight excluding hydrogens is 283 g/mol. The Morgan fingerprint density at radius 2 is 2.24 bits per heavy atom. The number of pyridine rings is 1. The molecule has 0 aliphatic carbocycles. The molecule has 2 fully saturated rings. The summed E-state index contributed by atoms with van der Waals surface area (Å²) in [6.45, 7) is 2.15. The lowest BCUT2D eigenvalue weighted by Crippen LogP contribution is -2.41. The van der Waals surface area contributed by atoms with Crippen molar-refractivity contribution in [1.82, 2.24) is 15.0 Å². The van der Waals surface area contributed by atoms with Crippen LogP contribution in [0.5, 0.6) is 0 Å². The van der Waals surface area contributed by atoms with Crippen molar-refractivity contribution in [2.75, 3.05) is 13.1 Å². The van der Waals surface area contributed by atoms with Crippen molar-refractivity contribution in [1.29, 1.82) is 0 Å². The number of amides is 1. The van der Waals surface area contributed by atoms with Gasteiger partial charge in [-0.15, -0.1) is 0 Å². The van der Waals surface area contributed by atoms with Crippen molar-refractivity contribution in [2.45, 2.75) is 32.2 Å². The lowest BCUT2D eigenvalue weighted by atomic mass is 9.84. The van der Waals surface area contributed by atoms with Gasteiger partial charge in [-0.2, -0.15) is 0 Å². The standard InChI is InChI=1S/C14H16F3N3O/c1-2-14(12(16)17)8-19-4-3-11(20(19)13(14)21)9-5-10(15)7-18-6-9/h5-7,11-12H,2-4,8H2,1H3/t11-,14-/m1/s1. The van der Waals surface area contributed by atoms with Crippen LogP contribution in [0.4, 0.5) is 13.2 Å². The monoisotopic (exact) mass is 299 g/mol. The molecule has 1 aromatic rings. The maximum absolute atomic E-state index is 13.4. The zero-order valence-electron chi connectivity index (χ0n) is 11.6. The third-order valence-corrected chi connectivity index (χ3v) is 4.52.